The summed E-state index contributed by atoms with van der Waals surface area (Å²) in [4.78, 5) is 12.9. The van der Waals surface area contributed by atoms with Crippen LogP contribution < -0.4 is 0 Å². The first-order chi connectivity index (χ1) is 5.61. The largest absolute Gasteiger partial charge is 0.446 e. The van der Waals surface area contributed by atoms with Crippen LogP contribution in [0, 0.1) is 0 Å². The first-order valence-corrected chi connectivity index (χ1v) is 4.16. The van der Waals surface area contributed by atoms with Crippen molar-refractivity contribution < 1.29 is 9.53 Å². The summed E-state index contributed by atoms with van der Waals surface area (Å²) in [5.74, 6) is -0.318. The number of carbonyl (C=O) groups is 1. The topological polar surface area (TPSA) is 29.5 Å². The van der Waals surface area contributed by atoms with E-state index in [0.717, 1.165) is 13.1 Å². The SMILES string of the molecule is C=C(C)C(=O)OCN(CC)CC. The summed E-state index contributed by atoms with van der Waals surface area (Å²) in [6, 6.07) is 0. The van der Waals surface area contributed by atoms with Crippen LogP contribution in [0.3, 0.4) is 0 Å². The molecule has 0 heterocycles. The molecule has 0 saturated carbocycles. The Labute approximate surface area is 74.0 Å². The molecule has 0 aliphatic carbocycles. The monoisotopic (exact) mass is 171 g/mol. The van der Waals surface area contributed by atoms with Crippen LogP contribution in [0.15, 0.2) is 12.2 Å². The fourth-order valence-corrected chi connectivity index (χ4v) is 0.679. The van der Waals surface area contributed by atoms with E-state index in [4.69, 9.17) is 4.74 Å². The van der Waals surface area contributed by atoms with Crippen molar-refractivity contribution in [2.75, 3.05) is 19.8 Å². The second-order valence-electron chi connectivity index (χ2n) is 2.64. The van der Waals surface area contributed by atoms with Gasteiger partial charge in [0.2, 0.25) is 0 Å². The smallest absolute Gasteiger partial charge is 0.334 e. The molecule has 0 aliphatic rings. The maximum Gasteiger partial charge on any atom is 0.334 e. The molecule has 70 valence electrons. The Bertz CT molecular complexity index is 162. The van der Waals surface area contributed by atoms with Crippen molar-refractivity contribution in [3.8, 4) is 0 Å². The van der Waals surface area contributed by atoms with Crippen LogP contribution in [0.4, 0.5) is 0 Å². The third kappa shape index (κ3) is 4.13. The number of esters is 1. The number of carbonyl (C=O) groups excluding carboxylic acids is 1. The summed E-state index contributed by atoms with van der Waals surface area (Å²) in [6.45, 7) is 11.3. The zero-order valence-corrected chi connectivity index (χ0v) is 8.09. The molecule has 0 unspecified atom stereocenters. The Balaban J connectivity index is 3.66. The standard InChI is InChI=1S/C9H17NO2/c1-5-10(6-2)7-12-9(11)8(3)4/h3,5-7H2,1-2,4H3. The van der Waals surface area contributed by atoms with E-state index in [0.29, 0.717) is 12.3 Å². The Hall–Kier alpha value is -0.830. The minimum Gasteiger partial charge on any atom is -0.446 e. The van der Waals surface area contributed by atoms with E-state index >= 15 is 0 Å². The Morgan fingerprint density at radius 2 is 1.92 bits per heavy atom. The van der Waals surface area contributed by atoms with Gasteiger partial charge in [-0.3, -0.25) is 4.90 Å². The van der Waals surface area contributed by atoms with Gasteiger partial charge in [-0.2, -0.15) is 0 Å². The van der Waals surface area contributed by atoms with Crippen LogP contribution >= 0.6 is 0 Å². The van der Waals surface area contributed by atoms with E-state index in [9.17, 15) is 4.79 Å². The second kappa shape index (κ2) is 5.77. The third-order valence-electron chi connectivity index (χ3n) is 1.62. The van der Waals surface area contributed by atoms with E-state index in [-0.39, 0.29) is 5.97 Å². The summed E-state index contributed by atoms with van der Waals surface area (Å²) >= 11 is 0. The highest BCUT2D eigenvalue weighted by atomic mass is 16.5. The van der Waals surface area contributed by atoms with E-state index in [2.05, 4.69) is 6.58 Å². The summed E-state index contributed by atoms with van der Waals surface area (Å²) in [5, 5.41) is 0. The van der Waals surface area contributed by atoms with Gasteiger partial charge < -0.3 is 4.74 Å². The fraction of sp³-hybridized carbons (Fsp3) is 0.667. The van der Waals surface area contributed by atoms with Crippen molar-refractivity contribution in [2.24, 2.45) is 0 Å². The van der Waals surface area contributed by atoms with Crippen molar-refractivity contribution in [3.05, 3.63) is 12.2 Å². The molecule has 0 N–H and O–H groups in total. The molecule has 0 spiro atoms. The molecule has 3 heteroatoms. The predicted octanol–water partition coefficient (Wildman–Crippen LogP) is 1.41. The lowest BCUT2D eigenvalue weighted by Gasteiger charge is -2.17. The molecular formula is C9H17NO2. The van der Waals surface area contributed by atoms with Gasteiger partial charge in [0.05, 0.1) is 0 Å². The molecule has 0 fully saturated rings. The fourth-order valence-electron chi connectivity index (χ4n) is 0.679. The minimum atomic E-state index is -0.318. The van der Waals surface area contributed by atoms with Crippen LogP contribution in [0.25, 0.3) is 0 Å². The van der Waals surface area contributed by atoms with Crippen LogP contribution in [-0.2, 0) is 9.53 Å². The number of nitrogens with zero attached hydrogens (tertiary/aromatic N) is 1. The molecule has 0 aliphatic heterocycles. The summed E-state index contributed by atoms with van der Waals surface area (Å²) in [7, 11) is 0. The highest BCUT2D eigenvalue weighted by Gasteiger charge is 2.05. The Morgan fingerprint density at radius 3 is 2.25 bits per heavy atom. The van der Waals surface area contributed by atoms with Gasteiger partial charge in [0.25, 0.3) is 0 Å². The van der Waals surface area contributed by atoms with Crippen molar-refractivity contribution in [2.45, 2.75) is 20.8 Å². The molecule has 0 rings (SSSR count). The minimum absolute atomic E-state index is 0.318. The average molecular weight is 171 g/mol. The van der Waals surface area contributed by atoms with Gasteiger partial charge in [-0.25, -0.2) is 4.79 Å². The van der Waals surface area contributed by atoms with Crippen LogP contribution in [0.1, 0.15) is 20.8 Å². The quantitative estimate of drug-likeness (QED) is 0.356. The molecule has 0 radical (unpaired) electrons. The average Bonchev–Trinajstić information content (AvgIpc) is 2.05. The first-order valence-electron chi connectivity index (χ1n) is 4.16. The van der Waals surface area contributed by atoms with E-state index in [1.807, 2.05) is 18.7 Å². The lowest BCUT2D eigenvalue weighted by molar-refractivity contribution is -0.143. The molecule has 0 bridgehead atoms. The molecule has 0 atom stereocenters. The van der Waals surface area contributed by atoms with E-state index < -0.39 is 0 Å². The van der Waals surface area contributed by atoms with Gasteiger partial charge in [0, 0.05) is 5.57 Å². The zero-order valence-electron chi connectivity index (χ0n) is 8.09. The molecule has 12 heavy (non-hydrogen) atoms. The van der Waals surface area contributed by atoms with Gasteiger partial charge in [0.1, 0.15) is 6.73 Å². The van der Waals surface area contributed by atoms with Gasteiger partial charge in [0.15, 0.2) is 0 Å². The number of ether oxygens (including phenoxy) is 1. The first kappa shape index (κ1) is 11.2. The normalized spacial score (nSPS) is 10.0. The van der Waals surface area contributed by atoms with Crippen molar-refractivity contribution in [3.63, 3.8) is 0 Å². The molecule has 0 aromatic rings. The summed E-state index contributed by atoms with van der Waals surface area (Å²) < 4.78 is 4.93. The van der Waals surface area contributed by atoms with Gasteiger partial charge in [-0.15, -0.1) is 0 Å². The number of rotatable bonds is 5. The van der Waals surface area contributed by atoms with E-state index in [1.165, 1.54) is 0 Å². The van der Waals surface area contributed by atoms with Gasteiger partial charge in [-0.1, -0.05) is 20.4 Å². The van der Waals surface area contributed by atoms with Gasteiger partial charge >= 0.3 is 5.97 Å². The number of hydrogen-bond donors (Lipinski definition) is 0. The van der Waals surface area contributed by atoms with Crippen LogP contribution in [-0.4, -0.2) is 30.7 Å². The highest BCUT2D eigenvalue weighted by Crippen LogP contribution is 1.94. The Kier molecular flexibility index (Phi) is 5.37. The highest BCUT2D eigenvalue weighted by molar-refractivity contribution is 5.86. The van der Waals surface area contributed by atoms with Crippen molar-refractivity contribution in [1.29, 1.82) is 0 Å². The maximum absolute atomic E-state index is 10.9. The zero-order chi connectivity index (χ0) is 9.56. The van der Waals surface area contributed by atoms with E-state index in [1.54, 1.807) is 6.92 Å². The molecule has 0 amide bonds. The second-order valence-corrected chi connectivity index (χ2v) is 2.64. The molecular weight excluding hydrogens is 154 g/mol. The van der Waals surface area contributed by atoms with Crippen LogP contribution in [0.5, 0.6) is 0 Å². The van der Waals surface area contributed by atoms with Crippen molar-refractivity contribution >= 4 is 5.97 Å². The molecule has 0 aromatic carbocycles. The predicted molar refractivity (Wildman–Crippen MR) is 48.7 cm³/mol. The van der Waals surface area contributed by atoms with Crippen molar-refractivity contribution in [1.82, 2.24) is 4.90 Å². The maximum atomic E-state index is 10.9. The molecule has 3 nitrogen and oxygen atoms in total. The summed E-state index contributed by atoms with van der Waals surface area (Å²) in [6.07, 6.45) is 0. The van der Waals surface area contributed by atoms with Gasteiger partial charge in [-0.05, 0) is 20.0 Å². The third-order valence-corrected chi connectivity index (χ3v) is 1.62. The lowest BCUT2D eigenvalue weighted by Crippen LogP contribution is -2.27. The van der Waals surface area contributed by atoms with Crippen LogP contribution in [0.2, 0.25) is 0 Å². The Morgan fingerprint density at radius 1 is 1.42 bits per heavy atom. The summed E-state index contributed by atoms with van der Waals surface area (Å²) in [5.41, 5.74) is 0.446. The number of hydrogen-bond acceptors (Lipinski definition) is 3. The lowest BCUT2D eigenvalue weighted by atomic mass is 10.4. The molecule has 0 saturated heterocycles. The molecule has 0 aromatic heterocycles.